The van der Waals surface area contributed by atoms with Crippen molar-refractivity contribution in [2.24, 2.45) is 0 Å². The molecule has 0 radical (unpaired) electrons. The van der Waals surface area contributed by atoms with Gasteiger partial charge in [0.25, 0.3) is 0 Å². The first kappa shape index (κ1) is 12.3. The van der Waals surface area contributed by atoms with Gasteiger partial charge in [-0.3, -0.25) is 4.79 Å². The average Bonchev–Trinajstić information content (AvgIpc) is 2.06. The molecule has 0 aliphatic carbocycles. The Kier molecular flexibility index (Phi) is 3.36. The molecule has 0 bridgehead atoms. The highest BCUT2D eigenvalue weighted by Crippen LogP contribution is 2.24. The predicted octanol–water partition coefficient (Wildman–Crippen LogP) is 2.35. The molecule has 3 nitrogen and oxygen atoms in total. The molecule has 88 valence electrons. The molecule has 1 aromatic carbocycles. The molecule has 0 saturated carbocycles. The Morgan fingerprint density at radius 3 is 2.44 bits per heavy atom. The van der Waals surface area contributed by atoms with Gasteiger partial charge in [-0.25, -0.2) is 4.39 Å². The van der Waals surface area contributed by atoms with Crippen LogP contribution >= 0.6 is 0 Å². The van der Waals surface area contributed by atoms with Gasteiger partial charge in [-0.05, 0) is 11.6 Å². The van der Waals surface area contributed by atoms with E-state index in [0.29, 0.717) is 6.07 Å². The van der Waals surface area contributed by atoms with Crippen molar-refractivity contribution in [3.63, 3.8) is 0 Å². The third-order valence-corrected chi connectivity index (χ3v) is 1.60. The minimum Gasteiger partial charge on any atom is -0.481 e. The smallest absolute Gasteiger partial charge is 0.481 e. The molecule has 0 heterocycles. The summed E-state index contributed by atoms with van der Waals surface area (Å²) in [5.41, 5.74) is -0.206. The zero-order valence-corrected chi connectivity index (χ0v) is 7.71. The monoisotopic (exact) mass is 238 g/mol. The van der Waals surface area contributed by atoms with Crippen molar-refractivity contribution in [3.8, 4) is 5.75 Å². The Hall–Kier alpha value is -1.79. The summed E-state index contributed by atoms with van der Waals surface area (Å²) in [4.78, 5) is 10.3. The summed E-state index contributed by atoms with van der Waals surface area (Å²) < 4.78 is 51.8. The normalized spacial score (nSPS) is 11.2. The first-order valence-corrected chi connectivity index (χ1v) is 4.04. The maximum Gasteiger partial charge on any atom is 0.573 e. The minimum atomic E-state index is -4.90. The van der Waals surface area contributed by atoms with E-state index in [-0.39, 0.29) is 5.56 Å². The summed E-state index contributed by atoms with van der Waals surface area (Å²) in [5, 5.41) is 8.37. The van der Waals surface area contributed by atoms with Crippen LogP contribution in [0.5, 0.6) is 5.75 Å². The molecule has 1 N–H and O–H groups in total. The van der Waals surface area contributed by atoms with Crippen LogP contribution in [0.25, 0.3) is 0 Å². The van der Waals surface area contributed by atoms with E-state index in [0.717, 1.165) is 12.1 Å². The van der Waals surface area contributed by atoms with Gasteiger partial charge in [-0.1, -0.05) is 6.07 Å². The number of hydrogen-bond donors (Lipinski definition) is 1. The van der Waals surface area contributed by atoms with Gasteiger partial charge in [0, 0.05) is 6.07 Å². The lowest BCUT2D eigenvalue weighted by atomic mass is 10.1. The zero-order chi connectivity index (χ0) is 12.3. The second kappa shape index (κ2) is 4.38. The van der Waals surface area contributed by atoms with E-state index in [1.807, 2.05) is 0 Å². The molecule has 0 aliphatic heterocycles. The topological polar surface area (TPSA) is 46.5 Å². The van der Waals surface area contributed by atoms with Crippen LogP contribution in [0.3, 0.4) is 0 Å². The molecule has 7 heteroatoms. The van der Waals surface area contributed by atoms with Crippen LogP contribution in [0.15, 0.2) is 18.2 Å². The Bertz CT molecular complexity index is 400. The Morgan fingerprint density at radius 2 is 2.00 bits per heavy atom. The summed E-state index contributed by atoms with van der Waals surface area (Å²) in [6.07, 6.45) is -5.50. The molecular formula is C9H6F4O3. The van der Waals surface area contributed by atoms with Gasteiger partial charge >= 0.3 is 12.3 Å². The van der Waals surface area contributed by atoms with E-state index in [1.54, 1.807) is 0 Å². The Balaban J connectivity index is 2.87. The molecule has 0 fully saturated rings. The molecule has 16 heavy (non-hydrogen) atoms. The van der Waals surface area contributed by atoms with Gasteiger partial charge in [0.15, 0.2) is 0 Å². The minimum absolute atomic E-state index is 0.206. The van der Waals surface area contributed by atoms with Crippen LogP contribution in [-0.2, 0) is 11.2 Å². The van der Waals surface area contributed by atoms with Gasteiger partial charge in [0.05, 0.1) is 6.42 Å². The molecular weight excluding hydrogens is 232 g/mol. The van der Waals surface area contributed by atoms with Crippen molar-refractivity contribution in [1.29, 1.82) is 0 Å². The maximum atomic E-state index is 13.1. The maximum absolute atomic E-state index is 13.1. The number of carboxylic acids is 1. The molecule has 0 aromatic heterocycles. The molecule has 0 unspecified atom stereocenters. The standard InChI is InChI=1S/C9H6F4O3/c10-7-4-6(16-9(11,12)13)2-1-5(7)3-8(14)15/h1-2,4H,3H2,(H,14,15). The lowest BCUT2D eigenvalue weighted by molar-refractivity contribution is -0.274. The second-order valence-corrected chi connectivity index (χ2v) is 2.87. The van der Waals surface area contributed by atoms with E-state index >= 15 is 0 Å². The number of carboxylic acid groups (broad SMARTS) is 1. The van der Waals surface area contributed by atoms with Crippen molar-refractivity contribution < 1.29 is 32.2 Å². The van der Waals surface area contributed by atoms with Crippen LogP contribution in [0.2, 0.25) is 0 Å². The molecule has 1 aromatic rings. The number of aliphatic carboxylic acids is 1. The fourth-order valence-corrected chi connectivity index (χ4v) is 1.03. The van der Waals surface area contributed by atoms with Crippen molar-refractivity contribution in [2.45, 2.75) is 12.8 Å². The summed E-state index contributed by atoms with van der Waals surface area (Å²) in [6.45, 7) is 0. The fourth-order valence-electron chi connectivity index (χ4n) is 1.03. The molecule has 0 saturated heterocycles. The van der Waals surface area contributed by atoms with Crippen LogP contribution < -0.4 is 4.74 Å². The molecule has 0 amide bonds. The number of rotatable bonds is 3. The highest BCUT2D eigenvalue weighted by atomic mass is 19.4. The van der Waals surface area contributed by atoms with Crippen LogP contribution in [0, 0.1) is 5.82 Å². The lowest BCUT2D eigenvalue weighted by Crippen LogP contribution is -2.17. The summed E-state index contributed by atoms with van der Waals surface area (Å²) in [7, 11) is 0. The van der Waals surface area contributed by atoms with Crippen LogP contribution in [0.1, 0.15) is 5.56 Å². The molecule has 0 spiro atoms. The van der Waals surface area contributed by atoms with Crippen molar-refractivity contribution in [2.75, 3.05) is 0 Å². The number of ether oxygens (including phenoxy) is 1. The van der Waals surface area contributed by atoms with E-state index < -0.39 is 30.3 Å². The van der Waals surface area contributed by atoms with Gasteiger partial charge < -0.3 is 9.84 Å². The van der Waals surface area contributed by atoms with Gasteiger partial charge in [-0.15, -0.1) is 13.2 Å². The van der Waals surface area contributed by atoms with E-state index in [9.17, 15) is 22.4 Å². The third kappa shape index (κ3) is 3.76. The second-order valence-electron chi connectivity index (χ2n) is 2.87. The van der Waals surface area contributed by atoms with Gasteiger partial charge in [0.2, 0.25) is 0 Å². The van der Waals surface area contributed by atoms with Gasteiger partial charge in [0.1, 0.15) is 11.6 Å². The third-order valence-electron chi connectivity index (χ3n) is 1.60. The highest BCUT2D eigenvalue weighted by molar-refractivity contribution is 5.70. The lowest BCUT2D eigenvalue weighted by Gasteiger charge is -2.09. The predicted molar refractivity (Wildman–Crippen MR) is 44.4 cm³/mol. The summed E-state index contributed by atoms with van der Waals surface area (Å²) in [5.74, 6) is -3.05. The molecule has 1 rings (SSSR count). The van der Waals surface area contributed by atoms with Crippen molar-refractivity contribution in [3.05, 3.63) is 29.6 Å². The zero-order valence-electron chi connectivity index (χ0n) is 7.71. The molecule has 0 aliphatic rings. The van der Waals surface area contributed by atoms with Crippen molar-refractivity contribution >= 4 is 5.97 Å². The SMILES string of the molecule is O=C(O)Cc1ccc(OC(F)(F)F)cc1F. The van der Waals surface area contributed by atoms with Crippen LogP contribution in [0.4, 0.5) is 17.6 Å². The van der Waals surface area contributed by atoms with E-state index in [1.165, 1.54) is 0 Å². The largest absolute Gasteiger partial charge is 0.573 e. The van der Waals surface area contributed by atoms with E-state index in [4.69, 9.17) is 5.11 Å². The number of alkyl halides is 3. The Morgan fingerprint density at radius 1 is 1.38 bits per heavy atom. The van der Waals surface area contributed by atoms with Crippen LogP contribution in [-0.4, -0.2) is 17.4 Å². The average molecular weight is 238 g/mol. The molecule has 0 atom stereocenters. The fraction of sp³-hybridized carbons (Fsp3) is 0.222. The highest BCUT2D eigenvalue weighted by Gasteiger charge is 2.31. The first-order valence-electron chi connectivity index (χ1n) is 4.04. The van der Waals surface area contributed by atoms with Crippen molar-refractivity contribution in [1.82, 2.24) is 0 Å². The number of carbonyl (C=O) groups is 1. The van der Waals surface area contributed by atoms with E-state index in [2.05, 4.69) is 4.74 Å². The number of benzene rings is 1. The number of halogens is 4. The Labute approximate surface area is 87.3 Å². The summed E-state index contributed by atoms with van der Waals surface area (Å²) in [6, 6.07) is 2.28. The summed E-state index contributed by atoms with van der Waals surface area (Å²) >= 11 is 0. The quantitative estimate of drug-likeness (QED) is 0.822. The van der Waals surface area contributed by atoms with Gasteiger partial charge in [-0.2, -0.15) is 0 Å². The first-order chi connectivity index (χ1) is 7.28. The number of hydrogen-bond acceptors (Lipinski definition) is 2.